The summed E-state index contributed by atoms with van der Waals surface area (Å²) in [5, 5.41) is 72.3. The van der Waals surface area contributed by atoms with Gasteiger partial charge in [0.15, 0.2) is 12.6 Å². The van der Waals surface area contributed by atoms with Gasteiger partial charge in [-0.05, 0) is 51.4 Å². The molecule has 0 aromatic carbocycles. The quantitative estimate of drug-likeness (QED) is 0.0172. The fourth-order valence-corrected chi connectivity index (χ4v) is 9.34. The lowest BCUT2D eigenvalue weighted by atomic mass is 9.98. The Bertz CT molecular complexity index is 1410. The number of carbonyl (C=O) groups is 1. The third-order valence-electron chi connectivity index (χ3n) is 14.1. The first kappa shape index (κ1) is 68.1. The van der Waals surface area contributed by atoms with Crippen LogP contribution in [-0.2, 0) is 33.2 Å². The Kier molecular flexibility index (Phi) is 43.2. The smallest absolute Gasteiger partial charge is 0.306 e. The van der Waals surface area contributed by atoms with Crippen molar-refractivity contribution in [1.82, 2.24) is 0 Å². The van der Waals surface area contributed by atoms with Crippen molar-refractivity contribution in [3.63, 3.8) is 0 Å². The zero-order valence-electron chi connectivity index (χ0n) is 46.3. The second kappa shape index (κ2) is 47.0. The summed E-state index contributed by atoms with van der Waals surface area (Å²) in [7, 11) is 0. The zero-order chi connectivity index (χ0) is 53.7. The third kappa shape index (κ3) is 33.3. The van der Waals surface area contributed by atoms with Crippen molar-refractivity contribution in [3.8, 4) is 0 Å². The molecule has 0 bridgehead atoms. The number of aliphatic hydroxyl groups is 7. The van der Waals surface area contributed by atoms with E-state index in [1.807, 2.05) is 0 Å². The summed E-state index contributed by atoms with van der Waals surface area (Å²) in [5.74, 6) is -0.376. The monoisotopic (exact) mass is 1050 g/mol. The summed E-state index contributed by atoms with van der Waals surface area (Å²) >= 11 is 0. The number of allylic oxidation sites excluding steroid dienone is 8. The van der Waals surface area contributed by atoms with Crippen LogP contribution in [0.25, 0.3) is 0 Å². The molecule has 2 fully saturated rings. The highest BCUT2D eigenvalue weighted by Gasteiger charge is 2.47. The van der Waals surface area contributed by atoms with Crippen molar-refractivity contribution in [3.05, 3.63) is 48.6 Å². The van der Waals surface area contributed by atoms with Gasteiger partial charge in [0.1, 0.15) is 54.9 Å². The fourth-order valence-electron chi connectivity index (χ4n) is 9.34. The van der Waals surface area contributed by atoms with Crippen molar-refractivity contribution in [2.24, 2.45) is 0 Å². The Balaban J connectivity index is 1.68. The molecule has 0 aromatic heterocycles. The molecule has 0 amide bonds. The Hall–Kier alpha value is -2.05. The van der Waals surface area contributed by atoms with E-state index in [4.69, 9.17) is 28.4 Å². The van der Waals surface area contributed by atoms with E-state index in [0.29, 0.717) is 13.0 Å². The molecule has 74 heavy (non-hydrogen) atoms. The van der Waals surface area contributed by atoms with Gasteiger partial charge in [-0.15, -0.1) is 0 Å². The standard InChI is InChI=1S/C60H108O14/c1-3-5-7-9-11-13-15-17-19-20-21-22-23-24-25-26-27-28-29-31-33-35-37-39-41-43-52(62)72-49(46-69-44-42-40-38-36-34-32-30-18-16-14-12-10-8-6-4-2)47-70-59-58(68)56(66)54(64)51(74-59)48-71-60-57(67)55(65)53(63)50(45-61)73-60/h5,7,11,13,17,19,21-22,49-51,53-61,63-68H,3-4,6,8-10,12,14-16,18,20,23-48H2,1-2H3/b7-5-,13-11-,19-17-,22-21-. The van der Waals surface area contributed by atoms with Gasteiger partial charge < -0.3 is 64.2 Å². The first-order chi connectivity index (χ1) is 36.1. The summed E-state index contributed by atoms with van der Waals surface area (Å²) < 4.78 is 34.4. The molecule has 14 heteroatoms. The van der Waals surface area contributed by atoms with E-state index in [2.05, 4.69) is 62.5 Å². The molecular formula is C60H108O14. The topological polar surface area (TPSA) is 214 Å². The van der Waals surface area contributed by atoms with Gasteiger partial charge in [0.25, 0.3) is 0 Å². The molecule has 0 spiro atoms. The van der Waals surface area contributed by atoms with Crippen LogP contribution in [0.15, 0.2) is 48.6 Å². The molecule has 14 nitrogen and oxygen atoms in total. The van der Waals surface area contributed by atoms with E-state index < -0.39 is 80.7 Å². The van der Waals surface area contributed by atoms with Crippen LogP contribution in [0.2, 0.25) is 0 Å². The molecule has 0 aromatic rings. The molecule has 2 saturated heterocycles. The van der Waals surface area contributed by atoms with Crippen LogP contribution in [-0.4, -0.2) is 142 Å². The van der Waals surface area contributed by atoms with E-state index in [0.717, 1.165) is 70.6 Å². The van der Waals surface area contributed by atoms with E-state index in [-0.39, 0.29) is 25.6 Å². The van der Waals surface area contributed by atoms with Crippen molar-refractivity contribution in [2.45, 2.75) is 293 Å². The Morgan fingerprint density at radius 3 is 1.38 bits per heavy atom. The predicted octanol–water partition coefficient (Wildman–Crippen LogP) is 10.7. The van der Waals surface area contributed by atoms with Gasteiger partial charge in [-0.3, -0.25) is 4.79 Å². The number of carbonyl (C=O) groups excluding carboxylic acids is 1. The van der Waals surface area contributed by atoms with Crippen molar-refractivity contribution in [1.29, 1.82) is 0 Å². The normalized spacial score (nSPS) is 25.1. The van der Waals surface area contributed by atoms with Gasteiger partial charge in [0.2, 0.25) is 0 Å². The molecule has 7 N–H and O–H groups in total. The Morgan fingerprint density at radius 2 is 0.878 bits per heavy atom. The summed E-state index contributed by atoms with van der Waals surface area (Å²) in [4.78, 5) is 13.1. The molecule has 2 heterocycles. The summed E-state index contributed by atoms with van der Waals surface area (Å²) in [6.07, 6.45) is 40.3. The lowest BCUT2D eigenvalue weighted by molar-refractivity contribution is -0.332. The molecule has 2 aliphatic rings. The average Bonchev–Trinajstić information content (AvgIpc) is 3.40. The van der Waals surface area contributed by atoms with Crippen LogP contribution in [0.1, 0.15) is 226 Å². The first-order valence-corrected chi connectivity index (χ1v) is 29.7. The predicted molar refractivity (Wildman–Crippen MR) is 293 cm³/mol. The maximum atomic E-state index is 13.1. The third-order valence-corrected chi connectivity index (χ3v) is 14.1. The van der Waals surface area contributed by atoms with Crippen molar-refractivity contribution < 1.29 is 69.0 Å². The van der Waals surface area contributed by atoms with Crippen LogP contribution in [0.4, 0.5) is 0 Å². The van der Waals surface area contributed by atoms with E-state index in [1.165, 1.54) is 128 Å². The minimum Gasteiger partial charge on any atom is -0.457 e. The number of rotatable bonds is 48. The molecule has 11 unspecified atom stereocenters. The zero-order valence-corrected chi connectivity index (χ0v) is 46.3. The molecule has 2 aliphatic heterocycles. The molecule has 432 valence electrons. The highest BCUT2D eigenvalue weighted by atomic mass is 16.7. The number of ether oxygens (including phenoxy) is 6. The number of aliphatic hydroxyl groups excluding tert-OH is 7. The average molecular weight is 1050 g/mol. The van der Waals surface area contributed by atoms with Gasteiger partial charge in [0, 0.05) is 13.0 Å². The van der Waals surface area contributed by atoms with Crippen LogP contribution in [0.5, 0.6) is 0 Å². The molecule has 0 saturated carbocycles. The molecule has 0 radical (unpaired) electrons. The lowest BCUT2D eigenvalue weighted by Gasteiger charge is -2.42. The lowest BCUT2D eigenvalue weighted by Crippen LogP contribution is -2.61. The van der Waals surface area contributed by atoms with E-state index in [1.54, 1.807) is 0 Å². The summed E-state index contributed by atoms with van der Waals surface area (Å²) in [5.41, 5.74) is 0. The van der Waals surface area contributed by atoms with Crippen molar-refractivity contribution in [2.75, 3.05) is 33.0 Å². The molecular weight excluding hydrogens is 945 g/mol. The highest BCUT2D eigenvalue weighted by molar-refractivity contribution is 5.69. The van der Waals surface area contributed by atoms with Crippen LogP contribution in [0, 0.1) is 0 Å². The van der Waals surface area contributed by atoms with Gasteiger partial charge in [-0.25, -0.2) is 0 Å². The van der Waals surface area contributed by atoms with Crippen LogP contribution >= 0.6 is 0 Å². The van der Waals surface area contributed by atoms with Crippen LogP contribution in [0.3, 0.4) is 0 Å². The maximum Gasteiger partial charge on any atom is 0.306 e. The molecule has 0 aliphatic carbocycles. The summed E-state index contributed by atoms with van der Waals surface area (Å²) in [6.45, 7) is 3.61. The van der Waals surface area contributed by atoms with E-state index >= 15 is 0 Å². The second-order valence-corrected chi connectivity index (χ2v) is 20.8. The highest BCUT2D eigenvalue weighted by Crippen LogP contribution is 2.27. The number of esters is 1. The Morgan fingerprint density at radius 1 is 0.459 bits per heavy atom. The minimum absolute atomic E-state index is 0.0635. The number of hydrogen-bond acceptors (Lipinski definition) is 14. The molecule has 11 atom stereocenters. The molecule has 2 rings (SSSR count). The SMILES string of the molecule is CC/C=C\C/C=C\C/C=C\C/C=C\CCCCCCCCCCCCCCC(=O)OC(COCCCCCCCCCCCCCCCCC)COC1OC(COC2OC(CO)C(O)C(O)C2O)C(O)C(O)C1O. The van der Waals surface area contributed by atoms with Crippen molar-refractivity contribution >= 4 is 5.97 Å². The fraction of sp³-hybridized carbons (Fsp3) is 0.850. The van der Waals surface area contributed by atoms with Crippen LogP contribution < -0.4 is 0 Å². The van der Waals surface area contributed by atoms with Gasteiger partial charge in [-0.2, -0.15) is 0 Å². The number of unbranched alkanes of at least 4 members (excludes halogenated alkanes) is 26. The largest absolute Gasteiger partial charge is 0.457 e. The second-order valence-electron chi connectivity index (χ2n) is 20.8. The minimum atomic E-state index is -1.71. The van der Waals surface area contributed by atoms with Gasteiger partial charge in [-0.1, -0.05) is 217 Å². The number of hydrogen-bond donors (Lipinski definition) is 7. The van der Waals surface area contributed by atoms with Gasteiger partial charge >= 0.3 is 5.97 Å². The summed E-state index contributed by atoms with van der Waals surface area (Å²) in [6, 6.07) is 0. The van der Waals surface area contributed by atoms with Gasteiger partial charge in [0.05, 0.1) is 26.4 Å². The first-order valence-electron chi connectivity index (χ1n) is 29.7. The van der Waals surface area contributed by atoms with E-state index in [9.17, 15) is 40.5 Å². The maximum absolute atomic E-state index is 13.1. The Labute approximate surface area is 448 Å².